The van der Waals surface area contributed by atoms with Gasteiger partial charge in [0, 0.05) is 6.54 Å². The van der Waals surface area contributed by atoms with Gasteiger partial charge in [-0.1, -0.05) is 13.3 Å². The summed E-state index contributed by atoms with van der Waals surface area (Å²) in [5.74, 6) is -0.895. The van der Waals surface area contributed by atoms with E-state index in [4.69, 9.17) is 5.73 Å². The van der Waals surface area contributed by atoms with Crippen molar-refractivity contribution in [3.8, 4) is 0 Å². The number of pyridine rings is 1. The van der Waals surface area contributed by atoms with Crippen molar-refractivity contribution in [2.45, 2.75) is 32.4 Å². The van der Waals surface area contributed by atoms with Crippen LogP contribution in [0.15, 0.2) is 12.1 Å². The number of alkyl halides is 3. The minimum Gasteiger partial charge on any atom is -0.369 e. The van der Waals surface area contributed by atoms with Crippen LogP contribution in [0.1, 0.15) is 42.2 Å². The molecule has 1 heterocycles. The molecule has 1 saturated carbocycles. The van der Waals surface area contributed by atoms with Crippen LogP contribution in [0.5, 0.6) is 0 Å². The zero-order chi connectivity index (χ0) is 15.0. The van der Waals surface area contributed by atoms with Crippen LogP contribution in [0.25, 0.3) is 0 Å². The van der Waals surface area contributed by atoms with Crippen LogP contribution < -0.4 is 11.1 Å². The Morgan fingerprint density at radius 1 is 1.45 bits per heavy atom. The van der Waals surface area contributed by atoms with E-state index >= 15 is 0 Å². The predicted molar refractivity (Wildman–Crippen MR) is 68.2 cm³/mol. The van der Waals surface area contributed by atoms with Crippen molar-refractivity contribution in [3.05, 3.63) is 23.4 Å². The molecule has 0 bridgehead atoms. The van der Waals surface area contributed by atoms with E-state index < -0.39 is 17.8 Å². The van der Waals surface area contributed by atoms with Gasteiger partial charge < -0.3 is 11.1 Å². The molecule has 1 fully saturated rings. The van der Waals surface area contributed by atoms with E-state index in [-0.39, 0.29) is 16.8 Å². The Bertz CT molecular complexity index is 524. The number of hydrogen-bond acceptors (Lipinski definition) is 3. The number of carbonyl (C=O) groups is 1. The van der Waals surface area contributed by atoms with Crippen LogP contribution in [0, 0.1) is 5.41 Å². The number of carbonyl (C=O) groups excluding carboxylic acids is 1. The zero-order valence-corrected chi connectivity index (χ0v) is 11.0. The minimum atomic E-state index is -4.55. The zero-order valence-electron chi connectivity index (χ0n) is 11.0. The summed E-state index contributed by atoms with van der Waals surface area (Å²) in [6.45, 7) is 2.52. The topological polar surface area (TPSA) is 68.0 Å². The summed E-state index contributed by atoms with van der Waals surface area (Å²) in [5, 5.41) is 2.84. The largest absolute Gasteiger partial charge is 0.433 e. The van der Waals surface area contributed by atoms with Gasteiger partial charge in [0.15, 0.2) is 0 Å². The van der Waals surface area contributed by atoms with Crippen molar-refractivity contribution < 1.29 is 18.0 Å². The van der Waals surface area contributed by atoms with Crippen molar-refractivity contribution in [1.29, 1.82) is 0 Å². The van der Waals surface area contributed by atoms with Gasteiger partial charge in [-0.2, -0.15) is 13.2 Å². The molecule has 0 radical (unpaired) electrons. The predicted octanol–water partition coefficient (Wildman–Crippen LogP) is 2.80. The second-order valence-corrected chi connectivity index (χ2v) is 5.47. The molecule has 0 aliphatic heterocycles. The van der Waals surface area contributed by atoms with Crippen LogP contribution >= 0.6 is 0 Å². The molecule has 3 N–H and O–H groups in total. The summed E-state index contributed by atoms with van der Waals surface area (Å²) < 4.78 is 37.9. The summed E-state index contributed by atoms with van der Waals surface area (Å²) >= 11 is 0. The Morgan fingerprint density at radius 2 is 2.10 bits per heavy atom. The molecule has 1 aromatic rings. The number of hydrogen-bond donors (Lipinski definition) is 2. The van der Waals surface area contributed by atoms with Crippen LogP contribution in [-0.2, 0) is 6.18 Å². The summed E-state index contributed by atoms with van der Waals surface area (Å²) in [6, 6.07) is 1.82. The lowest BCUT2D eigenvalue weighted by Gasteiger charge is -2.38. The van der Waals surface area contributed by atoms with Gasteiger partial charge in [0.1, 0.15) is 11.5 Å². The lowest BCUT2D eigenvalue weighted by Crippen LogP contribution is -2.34. The second kappa shape index (κ2) is 4.96. The highest BCUT2D eigenvalue weighted by Gasteiger charge is 2.35. The monoisotopic (exact) mass is 287 g/mol. The highest BCUT2D eigenvalue weighted by Crippen LogP contribution is 2.40. The number of primary amides is 1. The first kappa shape index (κ1) is 14.6. The molecule has 0 unspecified atom stereocenters. The van der Waals surface area contributed by atoms with Gasteiger partial charge in [0.05, 0.1) is 5.56 Å². The molecular formula is C13H16F3N3O. The fraction of sp³-hybridized carbons (Fsp3) is 0.538. The summed E-state index contributed by atoms with van der Waals surface area (Å²) in [6.07, 6.45) is -1.43. The van der Waals surface area contributed by atoms with E-state index in [0.29, 0.717) is 6.54 Å². The number of nitrogens with one attached hydrogen (secondary N) is 1. The van der Waals surface area contributed by atoms with Crippen molar-refractivity contribution in [2.24, 2.45) is 11.1 Å². The van der Waals surface area contributed by atoms with E-state index in [1.807, 2.05) is 6.92 Å². The summed E-state index contributed by atoms with van der Waals surface area (Å²) in [4.78, 5) is 14.7. The Labute approximate surface area is 114 Å². The summed E-state index contributed by atoms with van der Waals surface area (Å²) in [7, 11) is 0. The van der Waals surface area contributed by atoms with Gasteiger partial charge in [-0.3, -0.25) is 4.79 Å². The van der Waals surface area contributed by atoms with Gasteiger partial charge in [-0.15, -0.1) is 0 Å². The maximum absolute atomic E-state index is 12.6. The van der Waals surface area contributed by atoms with Gasteiger partial charge in [-0.25, -0.2) is 4.98 Å². The normalized spacial score (nSPS) is 17.4. The van der Waals surface area contributed by atoms with Crippen LogP contribution in [0.4, 0.5) is 19.0 Å². The molecule has 4 nitrogen and oxygen atoms in total. The van der Waals surface area contributed by atoms with Gasteiger partial charge >= 0.3 is 6.18 Å². The smallest absolute Gasteiger partial charge is 0.369 e. The molecule has 1 aromatic heterocycles. The lowest BCUT2D eigenvalue weighted by atomic mass is 9.70. The maximum Gasteiger partial charge on any atom is 0.433 e. The number of rotatable bonds is 4. The Hall–Kier alpha value is -1.79. The molecule has 1 aliphatic carbocycles. The molecule has 110 valence electrons. The van der Waals surface area contributed by atoms with E-state index in [2.05, 4.69) is 10.3 Å². The van der Waals surface area contributed by atoms with E-state index in [9.17, 15) is 18.0 Å². The highest BCUT2D eigenvalue weighted by molar-refractivity contribution is 5.97. The van der Waals surface area contributed by atoms with Crippen LogP contribution in [-0.4, -0.2) is 17.4 Å². The first-order valence-corrected chi connectivity index (χ1v) is 6.33. The molecule has 1 aliphatic rings. The first-order chi connectivity index (χ1) is 9.21. The summed E-state index contributed by atoms with van der Waals surface area (Å²) in [5.41, 5.74) is 4.14. The van der Waals surface area contributed by atoms with Gasteiger partial charge in [-0.05, 0) is 30.4 Å². The van der Waals surface area contributed by atoms with E-state index in [1.54, 1.807) is 0 Å². The van der Waals surface area contributed by atoms with E-state index in [0.717, 1.165) is 31.4 Å². The Balaban J connectivity index is 2.25. The van der Waals surface area contributed by atoms with Crippen molar-refractivity contribution in [3.63, 3.8) is 0 Å². The first-order valence-electron chi connectivity index (χ1n) is 6.33. The van der Waals surface area contributed by atoms with Crippen molar-refractivity contribution >= 4 is 11.7 Å². The molecule has 0 aromatic carbocycles. The maximum atomic E-state index is 12.6. The Morgan fingerprint density at radius 3 is 2.55 bits per heavy atom. The van der Waals surface area contributed by atoms with Crippen molar-refractivity contribution in [1.82, 2.24) is 4.98 Å². The molecular weight excluding hydrogens is 271 g/mol. The fourth-order valence-electron chi connectivity index (χ4n) is 2.20. The number of amides is 1. The number of aromatic nitrogens is 1. The molecule has 1 amide bonds. The van der Waals surface area contributed by atoms with Gasteiger partial charge in [0.2, 0.25) is 0 Å². The third kappa shape index (κ3) is 3.02. The standard InChI is InChI=1S/C13H16F3N3O/c1-12(5-2-6-12)7-18-11-8(10(17)20)3-4-9(19-11)13(14,15)16/h3-4H,2,5-7H2,1H3,(H2,17,20)(H,18,19). The lowest BCUT2D eigenvalue weighted by molar-refractivity contribution is -0.141. The molecule has 0 spiro atoms. The quantitative estimate of drug-likeness (QED) is 0.894. The SMILES string of the molecule is CC1(CNc2nc(C(F)(F)F)ccc2C(N)=O)CCC1. The number of anilines is 1. The number of nitrogens with zero attached hydrogens (tertiary/aromatic N) is 1. The Kier molecular flexibility index (Phi) is 3.62. The number of nitrogens with two attached hydrogens (primary N) is 1. The van der Waals surface area contributed by atoms with Crippen LogP contribution in [0.2, 0.25) is 0 Å². The number of halogens is 3. The average Bonchev–Trinajstić information content (AvgIpc) is 2.32. The van der Waals surface area contributed by atoms with Gasteiger partial charge in [0.25, 0.3) is 5.91 Å². The van der Waals surface area contributed by atoms with Crippen LogP contribution in [0.3, 0.4) is 0 Å². The highest BCUT2D eigenvalue weighted by atomic mass is 19.4. The molecule has 7 heteroatoms. The molecule has 0 atom stereocenters. The second-order valence-electron chi connectivity index (χ2n) is 5.47. The fourth-order valence-corrected chi connectivity index (χ4v) is 2.20. The molecule has 2 rings (SSSR count). The minimum absolute atomic E-state index is 0.0269. The van der Waals surface area contributed by atoms with E-state index in [1.165, 1.54) is 0 Å². The third-order valence-electron chi connectivity index (χ3n) is 3.69. The van der Waals surface area contributed by atoms with Crippen molar-refractivity contribution in [2.75, 3.05) is 11.9 Å². The molecule has 20 heavy (non-hydrogen) atoms. The molecule has 0 saturated heterocycles. The average molecular weight is 287 g/mol. The third-order valence-corrected chi connectivity index (χ3v) is 3.69.